The van der Waals surface area contributed by atoms with Gasteiger partial charge >= 0.3 is 21.1 Å². The summed E-state index contributed by atoms with van der Waals surface area (Å²) in [5.74, 6) is -1.05. The predicted octanol–water partition coefficient (Wildman–Crippen LogP) is 2.60. The molecule has 0 saturated heterocycles. The molecule has 0 aliphatic rings. The minimum Gasteiger partial charge on any atom is -0.508 e. The number of likely N-dealkylation sites (N-methyl/N-ethyl adjacent to an activating group) is 1. The fourth-order valence-electron chi connectivity index (χ4n) is 4.81. The third kappa shape index (κ3) is 6.37. The van der Waals surface area contributed by atoms with Gasteiger partial charge in [0.15, 0.2) is 11.4 Å². The van der Waals surface area contributed by atoms with Crippen LogP contribution in [0.1, 0.15) is 56.1 Å². The van der Waals surface area contributed by atoms with Crippen LogP contribution in [0.3, 0.4) is 0 Å². The largest absolute Gasteiger partial charge is 0.508 e. The molecule has 0 aliphatic heterocycles. The molecule has 38 heavy (non-hydrogen) atoms. The number of benzene rings is 2. The highest BCUT2D eigenvalue weighted by Crippen LogP contribution is 2.69. The van der Waals surface area contributed by atoms with E-state index in [0.717, 1.165) is 17.5 Å². The number of carbonyl (C=O) groups is 1. The highest BCUT2D eigenvalue weighted by atomic mass is 31.2. The number of rotatable bonds is 12. The molecule has 3 atom stereocenters. The molecule has 0 aromatic heterocycles. The SMILES string of the molecule is CCC(c1ccc(O)cc1)C(CC)c1ccc(O)c([N+](C)(CCC(O)(P(=O)(O)O)P(=O)(O)O)C(=O)CN)c1. The Balaban J connectivity index is 2.62. The summed E-state index contributed by atoms with van der Waals surface area (Å²) in [6.07, 6.45) is 0.217. The number of nitrogens with two attached hydrogens (primary N) is 1. The van der Waals surface area contributed by atoms with Gasteiger partial charge in [0.1, 0.15) is 12.3 Å². The number of aliphatic hydroxyl groups is 1. The number of phenols is 2. The summed E-state index contributed by atoms with van der Waals surface area (Å²) in [4.78, 5) is 51.2. The summed E-state index contributed by atoms with van der Waals surface area (Å²) in [6.45, 7) is 2.72. The summed E-state index contributed by atoms with van der Waals surface area (Å²) in [7, 11) is -10.2. The van der Waals surface area contributed by atoms with E-state index in [9.17, 15) is 48.8 Å². The smallest absolute Gasteiger partial charge is 0.369 e. The second kappa shape index (κ2) is 12.0. The molecule has 14 heteroatoms. The topological polar surface area (TPSA) is 219 Å². The van der Waals surface area contributed by atoms with Crippen molar-refractivity contribution in [1.82, 2.24) is 4.48 Å². The van der Waals surface area contributed by atoms with Crippen molar-refractivity contribution in [3.8, 4) is 11.5 Å². The van der Waals surface area contributed by atoms with Gasteiger partial charge in [-0.15, -0.1) is 0 Å². The molecule has 9 N–H and O–H groups in total. The molecule has 0 spiro atoms. The van der Waals surface area contributed by atoms with Crippen molar-refractivity contribution in [2.45, 2.75) is 50.0 Å². The fraction of sp³-hybridized carbons (Fsp3) is 0.458. The summed E-state index contributed by atoms with van der Waals surface area (Å²) >= 11 is 0. The van der Waals surface area contributed by atoms with Crippen LogP contribution in [-0.2, 0) is 13.9 Å². The van der Waals surface area contributed by atoms with Crippen molar-refractivity contribution in [3.63, 3.8) is 0 Å². The number of carbonyl (C=O) groups excluding carboxylic acids is 1. The molecule has 2 aromatic rings. The number of hydrogen-bond donors (Lipinski definition) is 8. The third-order valence-electron chi connectivity index (χ3n) is 7.20. The normalized spacial score (nSPS) is 16.0. The van der Waals surface area contributed by atoms with Gasteiger partial charge in [0.2, 0.25) is 0 Å². The molecular weight excluding hydrogens is 538 g/mol. The van der Waals surface area contributed by atoms with E-state index in [1.54, 1.807) is 24.3 Å². The van der Waals surface area contributed by atoms with E-state index in [-0.39, 0.29) is 29.0 Å². The number of phenolic OH excluding ortho intramolecular Hbond substituents is 2. The van der Waals surface area contributed by atoms with Crippen LogP contribution in [0.25, 0.3) is 0 Å². The molecule has 0 radical (unpaired) electrons. The van der Waals surface area contributed by atoms with Gasteiger partial charge in [-0.25, -0.2) is 9.28 Å². The number of hydrogen-bond acceptors (Lipinski definition) is 7. The fourth-order valence-corrected chi connectivity index (χ4v) is 6.95. The lowest BCUT2D eigenvalue weighted by atomic mass is 9.78. The van der Waals surface area contributed by atoms with Crippen LogP contribution in [0.2, 0.25) is 0 Å². The maximum atomic E-state index is 13.0. The van der Waals surface area contributed by atoms with Crippen molar-refractivity contribution < 1.29 is 48.8 Å². The first kappa shape index (κ1) is 32.1. The quantitative estimate of drug-likeness (QED) is 0.136. The van der Waals surface area contributed by atoms with E-state index in [1.165, 1.54) is 13.1 Å². The van der Waals surface area contributed by atoms with Crippen LogP contribution < -0.4 is 10.2 Å². The second-order valence-electron chi connectivity index (χ2n) is 9.49. The monoisotopic (exact) mass is 575 g/mol. The van der Waals surface area contributed by atoms with Crippen molar-refractivity contribution in [1.29, 1.82) is 0 Å². The van der Waals surface area contributed by atoms with Gasteiger partial charge in [0, 0.05) is 6.07 Å². The van der Waals surface area contributed by atoms with Gasteiger partial charge in [-0.1, -0.05) is 32.0 Å². The lowest BCUT2D eigenvalue weighted by Crippen LogP contribution is -2.55. The van der Waals surface area contributed by atoms with E-state index in [2.05, 4.69) is 0 Å². The predicted molar refractivity (Wildman–Crippen MR) is 143 cm³/mol. The minimum atomic E-state index is -5.76. The van der Waals surface area contributed by atoms with Crippen LogP contribution >= 0.6 is 15.2 Å². The molecule has 0 bridgehead atoms. The van der Waals surface area contributed by atoms with Crippen LogP contribution in [0.15, 0.2) is 42.5 Å². The van der Waals surface area contributed by atoms with Crippen molar-refractivity contribution in [3.05, 3.63) is 53.6 Å². The Hall–Kier alpha value is -2.11. The van der Waals surface area contributed by atoms with E-state index in [4.69, 9.17) is 5.73 Å². The van der Waals surface area contributed by atoms with E-state index in [1.807, 2.05) is 26.0 Å². The second-order valence-corrected chi connectivity index (χ2v) is 13.5. The summed E-state index contributed by atoms with van der Waals surface area (Å²) in [6, 6.07) is 11.4. The van der Waals surface area contributed by atoms with Crippen LogP contribution in [-0.4, -0.2) is 66.0 Å². The first-order valence-corrected chi connectivity index (χ1v) is 15.2. The maximum Gasteiger partial charge on any atom is 0.369 e. The van der Waals surface area contributed by atoms with Gasteiger partial charge in [-0.2, -0.15) is 0 Å². The molecule has 212 valence electrons. The summed E-state index contributed by atoms with van der Waals surface area (Å²) < 4.78 is 22.9. The Morgan fingerprint density at radius 3 is 1.84 bits per heavy atom. The molecule has 0 saturated carbocycles. The minimum absolute atomic E-state index is 0.00337. The van der Waals surface area contributed by atoms with Crippen molar-refractivity contribution in [2.24, 2.45) is 5.73 Å². The molecule has 3 unspecified atom stereocenters. The number of aromatic hydroxyl groups is 2. The molecule has 0 heterocycles. The molecule has 2 aromatic carbocycles. The summed E-state index contributed by atoms with van der Waals surface area (Å²) in [5, 5.41) is 27.1. The Morgan fingerprint density at radius 2 is 1.39 bits per heavy atom. The first-order valence-electron chi connectivity index (χ1n) is 12.0. The molecule has 12 nitrogen and oxygen atoms in total. The lowest BCUT2D eigenvalue weighted by Gasteiger charge is -2.36. The van der Waals surface area contributed by atoms with Crippen molar-refractivity contribution in [2.75, 3.05) is 20.1 Å². The van der Waals surface area contributed by atoms with E-state index in [0.29, 0.717) is 6.42 Å². The van der Waals surface area contributed by atoms with Crippen LogP contribution in [0, 0.1) is 0 Å². The van der Waals surface area contributed by atoms with Crippen LogP contribution in [0.4, 0.5) is 5.69 Å². The number of nitrogens with zero attached hydrogens (tertiary/aromatic N) is 1. The standard InChI is InChI=1S/C24H36N2O10P2/c1-4-19(16-6-9-18(27)10-7-16)20(5-2)17-8-11-22(28)21(14-17)26(3,23(29)15-25)13-12-24(30,37(31,32)33)38(34,35)36/h6-11,14,19-20,30H,4-5,12-13,15,25H2,1-3H3,(H5-,27,28,31,32,33,34,35,36)/p+1. The van der Waals surface area contributed by atoms with Crippen molar-refractivity contribution >= 4 is 26.8 Å². The zero-order valence-electron chi connectivity index (χ0n) is 21.5. The van der Waals surface area contributed by atoms with Gasteiger partial charge < -0.3 is 40.6 Å². The Morgan fingerprint density at radius 1 is 0.921 bits per heavy atom. The zero-order chi connectivity index (χ0) is 29.1. The number of quaternary nitrogens is 1. The summed E-state index contributed by atoms with van der Waals surface area (Å²) in [5.41, 5.74) is 7.30. The maximum absolute atomic E-state index is 13.0. The number of amides is 1. The molecule has 2 rings (SSSR count). The van der Waals surface area contributed by atoms with Gasteiger partial charge in [0.25, 0.3) is 5.08 Å². The van der Waals surface area contributed by atoms with Gasteiger partial charge in [-0.3, -0.25) is 9.13 Å². The first-order chi connectivity index (χ1) is 17.5. The Labute approximate surface area is 221 Å². The highest BCUT2D eigenvalue weighted by Gasteiger charge is 2.60. The average Bonchev–Trinajstić information content (AvgIpc) is 2.84. The van der Waals surface area contributed by atoms with Crippen LogP contribution in [0.5, 0.6) is 11.5 Å². The van der Waals surface area contributed by atoms with Gasteiger partial charge in [0.05, 0.1) is 20.0 Å². The van der Waals surface area contributed by atoms with E-state index < -0.39 is 50.2 Å². The molecule has 0 fully saturated rings. The molecular formula is C24H37N2O10P2+. The third-order valence-corrected chi connectivity index (χ3v) is 11.1. The zero-order valence-corrected chi connectivity index (χ0v) is 23.3. The average molecular weight is 576 g/mol. The lowest BCUT2D eigenvalue weighted by molar-refractivity contribution is -0.128. The highest BCUT2D eigenvalue weighted by molar-refractivity contribution is 7.72. The molecule has 1 amide bonds. The van der Waals surface area contributed by atoms with E-state index >= 15 is 0 Å². The molecule has 0 aliphatic carbocycles. The Kier molecular flexibility index (Phi) is 10.1. The van der Waals surface area contributed by atoms with Gasteiger partial charge in [-0.05, 0) is 54.0 Å². The Bertz CT molecular complexity index is 1210.